The summed E-state index contributed by atoms with van der Waals surface area (Å²) in [5, 5.41) is 0. The number of aryl methyl sites for hydroxylation is 1. The van der Waals surface area contributed by atoms with Crippen LogP contribution in [0.1, 0.15) is 25.8 Å². The second kappa shape index (κ2) is 6.45. The van der Waals surface area contributed by atoms with Crippen LogP contribution >= 0.6 is 0 Å². The molecule has 0 radical (unpaired) electrons. The van der Waals surface area contributed by atoms with Crippen LogP contribution in [0.2, 0.25) is 0 Å². The molecular formula is C14H24N2O3S. The largest absolute Gasteiger partial charge is 0.495 e. The number of benzene rings is 1. The summed E-state index contributed by atoms with van der Waals surface area (Å²) in [5.41, 5.74) is 7.07. The van der Waals surface area contributed by atoms with Gasteiger partial charge in [0.1, 0.15) is 10.6 Å². The zero-order valence-corrected chi connectivity index (χ0v) is 13.6. The molecule has 2 N–H and O–H groups in total. The Bertz CT molecular complexity index is 570. The molecular weight excluding hydrogens is 276 g/mol. The molecule has 1 aromatic rings. The maximum absolute atomic E-state index is 12.6. The standard InChI is InChI=1S/C14H24N2O3S/c1-6-10(2)9-16(4)20(17,18)14-8-12(15)11(3)7-13(14)19-5/h7-8,10H,6,9,15H2,1-5H3. The topological polar surface area (TPSA) is 72.6 Å². The molecule has 20 heavy (non-hydrogen) atoms. The lowest BCUT2D eigenvalue weighted by Crippen LogP contribution is -2.31. The number of nitrogens with two attached hydrogens (primary N) is 1. The first kappa shape index (κ1) is 16.8. The van der Waals surface area contributed by atoms with Gasteiger partial charge in [-0.05, 0) is 30.5 Å². The lowest BCUT2D eigenvalue weighted by molar-refractivity contribution is 0.381. The van der Waals surface area contributed by atoms with Crippen LogP contribution in [0.5, 0.6) is 5.75 Å². The lowest BCUT2D eigenvalue weighted by atomic mass is 10.1. The summed E-state index contributed by atoms with van der Waals surface area (Å²) >= 11 is 0. The molecule has 1 unspecified atom stereocenters. The average molecular weight is 300 g/mol. The summed E-state index contributed by atoms with van der Waals surface area (Å²) in [4.78, 5) is 0.119. The molecule has 0 aliphatic heterocycles. The summed E-state index contributed by atoms with van der Waals surface area (Å²) in [7, 11) is -0.560. The summed E-state index contributed by atoms with van der Waals surface area (Å²) in [6.07, 6.45) is 0.924. The van der Waals surface area contributed by atoms with Gasteiger partial charge >= 0.3 is 0 Å². The van der Waals surface area contributed by atoms with Gasteiger partial charge in [0, 0.05) is 19.3 Å². The third-order valence-corrected chi connectivity index (χ3v) is 5.35. The van der Waals surface area contributed by atoms with E-state index in [0.717, 1.165) is 12.0 Å². The highest BCUT2D eigenvalue weighted by molar-refractivity contribution is 7.89. The zero-order valence-electron chi connectivity index (χ0n) is 12.8. The van der Waals surface area contributed by atoms with Crippen molar-refractivity contribution in [1.29, 1.82) is 0 Å². The number of nitrogen functional groups attached to an aromatic ring is 1. The van der Waals surface area contributed by atoms with Crippen LogP contribution < -0.4 is 10.5 Å². The Morgan fingerprint density at radius 3 is 2.50 bits per heavy atom. The van der Waals surface area contributed by atoms with Gasteiger partial charge in [-0.15, -0.1) is 0 Å². The predicted octanol–water partition coefficient (Wildman–Crippen LogP) is 2.25. The predicted molar refractivity (Wildman–Crippen MR) is 81.4 cm³/mol. The molecule has 0 saturated carbocycles. The van der Waals surface area contributed by atoms with Gasteiger partial charge in [-0.1, -0.05) is 20.3 Å². The minimum Gasteiger partial charge on any atom is -0.495 e. The number of hydrogen-bond acceptors (Lipinski definition) is 4. The molecule has 0 bridgehead atoms. The van der Waals surface area contributed by atoms with Crippen LogP contribution in [0, 0.1) is 12.8 Å². The first-order valence-corrected chi connectivity index (χ1v) is 8.08. The van der Waals surface area contributed by atoms with E-state index in [1.165, 1.54) is 17.5 Å². The number of methoxy groups -OCH3 is 1. The second-order valence-corrected chi connectivity index (χ2v) is 7.17. The highest BCUT2D eigenvalue weighted by Crippen LogP contribution is 2.31. The molecule has 0 fully saturated rings. The van der Waals surface area contributed by atoms with Crippen molar-refractivity contribution >= 4 is 15.7 Å². The Hall–Kier alpha value is -1.27. The van der Waals surface area contributed by atoms with E-state index in [1.54, 1.807) is 13.1 Å². The Balaban J connectivity index is 3.24. The fourth-order valence-electron chi connectivity index (χ4n) is 1.87. The summed E-state index contributed by atoms with van der Waals surface area (Å²) < 4.78 is 31.8. The fourth-order valence-corrected chi connectivity index (χ4v) is 3.33. The summed E-state index contributed by atoms with van der Waals surface area (Å²) in [5.74, 6) is 0.622. The maximum Gasteiger partial charge on any atom is 0.246 e. The lowest BCUT2D eigenvalue weighted by Gasteiger charge is -2.22. The van der Waals surface area contributed by atoms with Crippen molar-refractivity contribution in [2.75, 3.05) is 26.4 Å². The van der Waals surface area contributed by atoms with Crippen LogP contribution in [-0.4, -0.2) is 33.4 Å². The third-order valence-electron chi connectivity index (χ3n) is 3.51. The van der Waals surface area contributed by atoms with Crippen molar-refractivity contribution in [3.63, 3.8) is 0 Å². The van der Waals surface area contributed by atoms with Gasteiger partial charge in [-0.3, -0.25) is 0 Å². The zero-order chi connectivity index (χ0) is 15.5. The molecule has 5 nitrogen and oxygen atoms in total. The number of rotatable bonds is 6. The van der Waals surface area contributed by atoms with E-state index in [4.69, 9.17) is 10.5 Å². The molecule has 0 aliphatic rings. The fraction of sp³-hybridized carbons (Fsp3) is 0.571. The molecule has 1 aromatic carbocycles. The average Bonchev–Trinajstić information content (AvgIpc) is 2.40. The van der Waals surface area contributed by atoms with Gasteiger partial charge < -0.3 is 10.5 Å². The van der Waals surface area contributed by atoms with Crippen molar-refractivity contribution in [3.05, 3.63) is 17.7 Å². The van der Waals surface area contributed by atoms with E-state index < -0.39 is 10.0 Å². The molecule has 0 saturated heterocycles. The first-order chi connectivity index (χ1) is 9.23. The smallest absolute Gasteiger partial charge is 0.246 e. The molecule has 6 heteroatoms. The normalized spacial score (nSPS) is 13.5. The van der Waals surface area contributed by atoms with E-state index in [2.05, 4.69) is 0 Å². The number of hydrogen-bond donors (Lipinski definition) is 1. The Labute approximate surface area is 121 Å². The van der Waals surface area contributed by atoms with Crippen LogP contribution in [0.15, 0.2) is 17.0 Å². The molecule has 1 atom stereocenters. The monoisotopic (exact) mass is 300 g/mol. The second-order valence-electron chi connectivity index (χ2n) is 5.16. The molecule has 0 spiro atoms. The van der Waals surface area contributed by atoms with Crippen molar-refractivity contribution in [3.8, 4) is 5.75 Å². The molecule has 1 rings (SSSR count). The van der Waals surface area contributed by atoms with Gasteiger partial charge in [0.15, 0.2) is 0 Å². The third kappa shape index (κ3) is 3.43. The quantitative estimate of drug-likeness (QED) is 0.818. The minimum absolute atomic E-state index is 0.119. The molecule has 0 aliphatic carbocycles. The highest BCUT2D eigenvalue weighted by atomic mass is 32.2. The van der Waals surface area contributed by atoms with Gasteiger partial charge in [-0.2, -0.15) is 0 Å². The van der Waals surface area contributed by atoms with E-state index in [9.17, 15) is 8.42 Å². The molecule has 0 amide bonds. The maximum atomic E-state index is 12.6. The number of anilines is 1. The van der Waals surface area contributed by atoms with Crippen LogP contribution in [0.4, 0.5) is 5.69 Å². The van der Waals surface area contributed by atoms with Crippen LogP contribution in [0.3, 0.4) is 0 Å². The van der Waals surface area contributed by atoms with Crippen molar-refractivity contribution in [2.45, 2.75) is 32.1 Å². The van der Waals surface area contributed by atoms with Gasteiger partial charge in [-0.25, -0.2) is 12.7 Å². The van der Waals surface area contributed by atoms with Crippen molar-refractivity contribution in [2.24, 2.45) is 5.92 Å². The van der Waals surface area contributed by atoms with E-state index in [-0.39, 0.29) is 4.90 Å². The molecule has 0 heterocycles. The molecule has 0 aromatic heterocycles. The SMILES string of the molecule is CCC(C)CN(C)S(=O)(=O)c1cc(N)c(C)cc1OC. The minimum atomic E-state index is -3.60. The van der Waals surface area contributed by atoms with Crippen molar-refractivity contribution in [1.82, 2.24) is 4.31 Å². The molecule has 114 valence electrons. The van der Waals surface area contributed by atoms with Gasteiger partial charge in [0.2, 0.25) is 10.0 Å². The number of sulfonamides is 1. The van der Waals surface area contributed by atoms with E-state index in [1.807, 2.05) is 20.8 Å². The Morgan fingerprint density at radius 2 is 2.00 bits per heavy atom. The summed E-state index contributed by atoms with van der Waals surface area (Å²) in [6, 6.07) is 3.12. The van der Waals surface area contributed by atoms with Gasteiger partial charge in [0.05, 0.1) is 7.11 Å². The van der Waals surface area contributed by atoms with E-state index >= 15 is 0 Å². The Kier molecular flexibility index (Phi) is 5.42. The first-order valence-electron chi connectivity index (χ1n) is 6.64. The summed E-state index contributed by atoms with van der Waals surface area (Å²) in [6.45, 7) is 6.34. The number of ether oxygens (including phenoxy) is 1. The Morgan fingerprint density at radius 1 is 1.40 bits per heavy atom. The number of nitrogens with zero attached hydrogens (tertiary/aromatic N) is 1. The van der Waals surface area contributed by atoms with E-state index in [0.29, 0.717) is 23.9 Å². The van der Waals surface area contributed by atoms with Crippen molar-refractivity contribution < 1.29 is 13.2 Å². The van der Waals surface area contributed by atoms with Gasteiger partial charge in [0.25, 0.3) is 0 Å². The van der Waals surface area contributed by atoms with Crippen LogP contribution in [0.25, 0.3) is 0 Å². The highest BCUT2D eigenvalue weighted by Gasteiger charge is 2.26. The van der Waals surface area contributed by atoms with Crippen LogP contribution in [-0.2, 0) is 10.0 Å².